The van der Waals surface area contributed by atoms with E-state index in [0.29, 0.717) is 31.1 Å². The zero-order valence-electron chi connectivity index (χ0n) is 14.3. The van der Waals surface area contributed by atoms with Crippen molar-refractivity contribution in [2.75, 3.05) is 49.1 Å². The molecule has 2 rings (SSSR count). The maximum atomic E-state index is 12.4. The van der Waals surface area contributed by atoms with E-state index in [4.69, 9.17) is 4.74 Å². The summed E-state index contributed by atoms with van der Waals surface area (Å²) in [5.41, 5.74) is 1.83. The summed E-state index contributed by atoms with van der Waals surface area (Å²) in [6.45, 7) is 7.44. The van der Waals surface area contributed by atoms with Crippen LogP contribution in [0.1, 0.15) is 12.5 Å². The quantitative estimate of drug-likeness (QED) is 0.802. The highest BCUT2D eigenvalue weighted by Gasteiger charge is 2.19. The van der Waals surface area contributed by atoms with Gasteiger partial charge < -0.3 is 10.1 Å². The molecule has 1 aromatic carbocycles. The van der Waals surface area contributed by atoms with Gasteiger partial charge in [-0.05, 0) is 24.6 Å². The molecule has 24 heavy (non-hydrogen) atoms. The zero-order chi connectivity index (χ0) is 17.7. The third-order valence-corrected chi connectivity index (χ3v) is 4.47. The van der Waals surface area contributed by atoms with Gasteiger partial charge in [0, 0.05) is 31.2 Å². The molecule has 1 saturated heterocycles. The maximum absolute atomic E-state index is 12.4. The van der Waals surface area contributed by atoms with Crippen molar-refractivity contribution >= 4 is 27.3 Å². The van der Waals surface area contributed by atoms with Gasteiger partial charge in [0.15, 0.2) is 0 Å². The molecule has 7 nitrogen and oxygen atoms in total. The van der Waals surface area contributed by atoms with E-state index in [0.717, 1.165) is 24.9 Å². The summed E-state index contributed by atoms with van der Waals surface area (Å²) in [5, 5.41) is 2.85. The molecule has 0 unspecified atom stereocenters. The Morgan fingerprint density at radius 2 is 2.00 bits per heavy atom. The number of aryl methyl sites for hydroxylation is 1. The first-order valence-electron chi connectivity index (χ1n) is 7.94. The maximum Gasteiger partial charge on any atom is 0.229 e. The summed E-state index contributed by atoms with van der Waals surface area (Å²) in [6, 6.07) is 5.17. The first-order valence-corrected chi connectivity index (χ1v) is 9.83. The van der Waals surface area contributed by atoms with Gasteiger partial charge in [-0.3, -0.25) is 14.4 Å². The highest BCUT2D eigenvalue weighted by Crippen LogP contribution is 2.21. The fourth-order valence-electron chi connectivity index (χ4n) is 2.53. The van der Waals surface area contributed by atoms with E-state index < -0.39 is 10.0 Å². The molecular weight excluding hydrogens is 330 g/mol. The predicted octanol–water partition coefficient (Wildman–Crippen LogP) is 1.27. The third-order valence-electron chi connectivity index (χ3n) is 3.88. The fraction of sp³-hybridized carbons (Fsp3) is 0.562. The molecule has 134 valence electrons. The molecule has 0 radical (unpaired) electrons. The number of sulfonamides is 1. The van der Waals surface area contributed by atoms with Crippen molar-refractivity contribution in [3.05, 3.63) is 23.8 Å². The number of anilines is 2. The fourth-order valence-corrected chi connectivity index (χ4v) is 3.15. The van der Waals surface area contributed by atoms with E-state index in [1.54, 1.807) is 25.1 Å². The number of benzene rings is 1. The van der Waals surface area contributed by atoms with Crippen LogP contribution in [0, 0.1) is 12.8 Å². The molecule has 1 amide bonds. The summed E-state index contributed by atoms with van der Waals surface area (Å²) in [6.07, 6.45) is 1.10. The van der Waals surface area contributed by atoms with E-state index in [1.165, 1.54) is 0 Å². The van der Waals surface area contributed by atoms with Gasteiger partial charge in [0.2, 0.25) is 15.9 Å². The molecule has 0 spiro atoms. The molecule has 0 aliphatic carbocycles. The largest absolute Gasteiger partial charge is 0.379 e. The summed E-state index contributed by atoms with van der Waals surface area (Å²) < 4.78 is 30.6. The number of nitrogens with zero attached hydrogens (tertiary/aromatic N) is 1. The lowest BCUT2D eigenvalue weighted by Crippen LogP contribution is -2.41. The topological polar surface area (TPSA) is 87.7 Å². The van der Waals surface area contributed by atoms with Crippen molar-refractivity contribution < 1.29 is 17.9 Å². The molecule has 1 heterocycles. The van der Waals surface area contributed by atoms with Gasteiger partial charge in [0.05, 0.1) is 25.2 Å². The van der Waals surface area contributed by atoms with Crippen LogP contribution in [-0.2, 0) is 19.6 Å². The van der Waals surface area contributed by atoms with Crippen LogP contribution >= 0.6 is 0 Å². The summed E-state index contributed by atoms with van der Waals surface area (Å²) >= 11 is 0. The number of ether oxygens (including phenoxy) is 1. The number of carbonyl (C=O) groups is 1. The third kappa shape index (κ3) is 5.77. The number of nitrogens with one attached hydrogen (secondary N) is 2. The Labute approximate surface area is 143 Å². The first-order chi connectivity index (χ1) is 11.2. The van der Waals surface area contributed by atoms with E-state index in [-0.39, 0.29) is 11.8 Å². The number of hydrogen-bond acceptors (Lipinski definition) is 5. The van der Waals surface area contributed by atoms with Crippen LogP contribution in [-0.4, -0.2) is 58.3 Å². The molecule has 1 aliphatic rings. The normalized spacial score (nSPS) is 17.3. The molecule has 1 atom stereocenters. The number of carbonyl (C=O) groups excluding carboxylic acids is 1. The van der Waals surface area contributed by atoms with Crippen LogP contribution < -0.4 is 10.0 Å². The van der Waals surface area contributed by atoms with Gasteiger partial charge in [0.25, 0.3) is 0 Å². The highest BCUT2D eigenvalue weighted by molar-refractivity contribution is 7.92. The van der Waals surface area contributed by atoms with E-state index in [2.05, 4.69) is 14.9 Å². The standard InChI is InChI=1S/C16H25N3O4S/c1-12-4-5-14(10-15(12)18-24(3,21)22)17-16(20)13(2)11-19-6-8-23-9-7-19/h4-5,10,13,18H,6-9,11H2,1-3H3,(H,17,20)/t13-/m0/s1. The van der Waals surface area contributed by atoms with Gasteiger partial charge in [-0.25, -0.2) is 8.42 Å². The summed E-state index contributed by atoms with van der Waals surface area (Å²) in [5.74, 6) is -0.258. The van der Waals surface area contributed by atoms with Crippen molar-refractivity contribution in [2.45, 2.75) is 13.8 Å². The van der Waals surface area contributed by atoms with Gasteiger partial charge >= 0.3 is 0 Å². The summed E-state index contributed by atoms with van der Waals surface area (Å²) in [7, 11) is -3.36. The van der Waals surface area contributed by atoms with Crippen LogP contribution in [0.15, 0.2) is 18.2 Å². The van der Waals surface area contributed by atoms with Crippen LogP contribution in [0.4, 0.5) is 11.4 Å². The first kappa shape index (κ1) is 18.7. The van der Waals surface area contributed by atoms with Gasteiger partial charge in [-0.2, -0.15) is 0 Å². The smallest absolute Gasteiger partial charge is 0.229 e. The Balaban J connectivity index is 1.98. The van der Waals surface area contributed by atoms with Gasteiger partial charge in [-0.1, -0.05) is 13.0 Å². The van der Waals surface area contributed by atoms with E-state index in [1.807, 2.05) is 6.92 Å². The Morgan fingerprint density at radius 1 is 1.33 bits per heavy atom. The molecule has 1 aromatic rings. The Morgan fingerprint density at radius 3 is 2.62 bits per heavy atom. The highest BCUT2D eigenvalue weighted by atomic mass is 32.2. The lowest BCUT2D eigenvalue weighted by molar-refractivity contribution is -0.120. The van der Waals surface area contributed by atoms with Crippen molar-refractivity contribution in [1.29, 1.82) is 0 Å². The average Bonchev–Trinajstić information content (AvgIpc) is 2.50. The van der Waals surface area contributed by atoms with Gasteiger partial charge in [-0.15, -0.1) is 0 Å². The lowest BCUT2D eigenvalue weighted by atomic mass is 10.1. The second-order valence-corrected chi connectivity index (χ2v) is 7.96. The van der Waals surface area contributed by atoms with Crippen LogP contribution in [0.2, 0.25) is 0 Å². The van der Waals surface area contributed by atoms with Crippen molar-refractivity contribution in [2.24, 2.45) is 5.92 Å². The van der Waals surface area contributed by atoms with Gasteiger partial charge in [0.1, 0.15) is 0 Å². The second-order valence-electron chi connectivity index (χ2n) is 6.21. The minimum absolute atomic E-state index is 0.0874. The number of morpholine rings is 1. The number of hydrogen-bond donors (Lipinski definition) is 2. The molecular formula is C16H25N3O4S. The van der Waals surface area contributed by atoms with Crippen molar-refractivity contribution in [3.63, 3.8) is 0 Å². The Hall–Kier alpha value is -1.64. The summed E-state index contributed by atoms with van der Waals surface area (Å²) in [4.78, 5) is 14.6. The molecule has 8 heteroatoms. The molecule has 1 fully saturated rings. The minimum atomic E-state index is -3.36. The van der Waals surface area contributed by atoms with E-state index >= 15 is 0 Å². The lowest BCUT2D eigenvalue weighted by Gasteiger charge is -2.28. The number of amides is 1. The molecule has 2 N–H and O–H groups in total. The molecule has 0 saturated carbocycles. The van der Waals surface area contributed by atoms with Crippen LogP contribution in [0.25, 0.3) is 0 Å². The Bertz CT molecular complexity index is 685. The minimum Gasteiger partial charge on any atom is -0.379 e. The number of rotatable bonds is 6. The monoisotopic (exact) mass is 355 g/mol. The molecule has 0 aromatic heterocycles. The SMILES string of the molecule is Cc1ccc(NC(=O)[C@@H](C)CN2CCOCC2)cc1NS(C)(=O)=O. The van der Waals surface area contributed by atoms with Crippen molar-refractivity contribution in [3.8, 4) is 0 Å². The molecule has 1 aliphatic heterocycles. The zero-order valence-corrected chi connectivity index (χ0v) is 15.1. The van der Waals surface area contributed by atoms with Crippen LogP contribution in [0.3, 0.4) is 0 Å². The van der Waals surface area contributed by atoms with Crippen molar-refractivity contribution in [1.82, 2.24) is 4.90 Å². The predicted molar refractivity (Wildman–Crippen MR) is 94.7 cm³/mol. The molecule has 0 bridgehead atoms. The second kappa shape index (κ2) is 7.96. The van der Waals surface area contributed by atoms with E-state index in [9.17, 15) is 13.2 Å². The average molecular weight is 355 g/mol. The van der Waals surface area contributed by atoms with Crippen LogP contribution in [0.5, 0.6) is 0 Å². The Kier molecular flexibility index (Phi) is 6.20.